The van der Waals surface area contributed by atoms with Crippen molar-refractivity contribution < 1.29 is 0 Å². The van der Waals surface area contributed by atoms with Gasteiger partial charge in [-0.2, -0.15) is 0 Å². The van der Waals surface area contributed by atoms with Crippen molar-refractivity contribution in [2.45, 2.75) is 24.9 Å². The van der Waals surface area contributed by atoms with Gasteiger partial charge in [0.25, 0.3) is 0 Å². The summed E-state index contributed by atoms with van der Waals surface area (Å²) in [5, 5.41) is 5.70. The zero-order valence-corrected chi connectivity index (χ0v) is 10.9. The Morgan fingerprint density at radius 3 is 2.80 bits per heavy atom. The van der Waals surface area contributed by atoms with Gasteiger partial charge in [-0.25, -0.2) is 0 Å². The number of hydrogen-bond acceptors (Lipinski definition) is 3. The minimum atomic E-state index is 0.297. The van der Waals surface area contributed by atoms with Gasteiger partial charge in [0.2, 0.25) is 0 Å². The van der Waals surface area contributed by atoms with E-state index in [-0.39, 0.29) is 0 Å². The summed E-state index contributed by atoms with van der Waals surface area (Å²) in [6.45, 7) is 0.656. The number of hydrogen-bond donors (Lipinski definition) is 2. The van der Waals surface area contributed by atoms with Crippen molar-refractivity contribution in [3.05, 3.63) is 32.9 Å². The first kappa shape index (κ1) is 11.3. The molecule has 0 saturated carbocycles. The lowest BCUT2D eigenvalue weighted by Gasteiger charge is -2.20. The second kappa shape index (κ2) is 5.25. The molecule has 2 nitrogen and oxygen atoms in total. The van der Waals surface area contributed by atoms with E-state index in [2.05, 4.69) is 44.8 Å². The summed E-state index contributed by atoms with van der Waals surface area (Å²) in [5.41, 5.74) is 5.80. The molecule has 1 atom stereocenters. The summed E-state index contributed by atoms with van der Waals surface area (Å²) in [6.07, 6.45) is 6.72. The van der Waals surface area contributed by atoms with E-state index in [0.717, 1.165) is 17.3 Å². The maximum Gasteiger partial charge on any atom is 0.0542 e. The maximum absolute atomic E-state index is 5.80. The van der Waals surface area contributed by atoms with E-state index < -0.39 is 0 Å². The predicted molar refractivity (Wildman–Crippen MR) is 69.1 cm³/mol. The van der Waals surface area contributed by atoms with E-state index in [9.17, 15) is 0 Å². The molecular formula is C11H15BrN2S. The first-order valence-electron chi connectivity index (χ1n) is 5.14. The Bertz CT molecular complexity index is 340. The average Bonchev–Trinajstić information content (AvgIpc) is 2.85. The summed E-state index contributed by atoms with van der Waals surface area (Å²) >= 11 is 5.23. The average molecular weight is 287 g/mol. The van der Waals surface area contributed by atoms with E-state index in [0.29, 0.717) is 18.6 Å². The Kier molecular flexibility index (Phi) is 3.97. The van der Waals surface area contributed by atoms with Crippen molar-refractivity contribution >= 4 is 27.3 Å². The first-order valence-corrected chi connectivity index (χ1v) is 6.82. The molecule has 0 amide bonds. The normalized spacial score (nSPS) is 18.5. The number of nitrogens with two attached hydrogens (primary N) is 1. The molecule has 4 heteroatoms. The van der Waals surface area contributed by atoms with Gasteiger partial charge in [0, 0.05) is 27.3 Å². The molecule has 1 aliphatic carbocycles. The van der Waals surface area contributed by atoms with Crippen molar-refractivity contribution in [1.82, 2.24) is 5.32 Å². The van der Waals surface area contributed by atoms with E-state index in [1.54, 1.807) is 11.3 Å². The summed E-state index contributed by atoms with van der Waals surface area (Å²) in [4.78, 5) is 1.32. The highest BCUT2D eigenvalue weighted by Gasteiger charge is 2.17. The number of thiophene rings is 1. The fourth-order valence-electron chi connectivity index (χ4n) is 1.82. The molecule has 15 heavy (non-hydrogen) atoms. The summed E-state index contributed by atoms with van der Waals surface area (Å²) in [6, 6.07) is 3.02. The molecule has 0 aromatic carbocycles. The van der Waals surface area contributed by atoms with Gasteiger partial charge in [-0.05, 0) is 34.8 Å². The van der Waals surface area contributed by atoms with Gasteiger partial charge in [-0.3, -0.25) is 0 Å². The molecule has 0 bridgehead atoms. The number of halogens is 1. The molecule has 82 valence electrons. The monoisotopic (exact) mass is 286 g/mol. The van der Waals surface area contributed by atoms with Gasteiger partial charge in [0.05, 0.1) is 6.04 Å². The minimum Gasteiger partial charge on any atom is -0.329 e. The van der Waals surface area contributed by atoms with Crippen molar-refractivity contribution in [3.8, 4) is 0 Å². The van der Waals surface area contributed by atoms with Crippen LogP contribution in [0.25, 0.3) is 0 Å². The van der Waals surface area contributed by atoms with Crippen LogP contribution in [0.5, 0.6) is 0 Å². The fourth-order valence-corrected chi connectivity index (χ4v) is 3.33. The van der Waals surface area contributed by atoms with Crippen molar-refractivity contribution in [1.29, 1.82) is 0 Å². The van der Waals surface area contributed by atoms with E-state index in [1.165, 1.54) is 4.88 Å². The SMILES string of the molecule is NCC(NC1CC=CC1)c1cc(Br)cs1. The summed E-state index contributed by atoms with van der Waals surface area (Å²) in [7, 11) is 0. The lowest BCUT2D eigenvalue weighted by molar-refractivity contribution is 0.458. The lowest BCUT2D eigenvalue weighted by atomic mass is 10.1. The molecule has 1 unspecified atom stereocenters. The highest BCUT2D eigenvalue weighted by molar-refractivity contribution is 9.10. The molecule has 0 radical (unpaired) electrons. The van der Waals surface area contributed by atoms with E-state index >= 15 is 0 Å². The highest BCUT2D eigenvalue weighted by Crippen LogP contribution is 2.26. The van der Waals surface area contributed by atoms with Crippen LogP contribution in [0.2, 0.25) is 0 Å². The zero-order chi connectivity index (χ0) is 10.7. The quantitative estimate of drug-likeness (QED) is 0.836. The van der Waals surface area contributed by atoms with Gasteiger partial charge in [0.15, 0.2) is 0 Å². The smallest absolute Gasteiger partial charge is 0.0542 e. The molecule has 1 aliphatic rings. The van der Waals surface area contributed by atoms with Gasteiger partial charge >= 0.3 is 0 Å². The minimum absolute atomic E-state index is 0.297. The van der Waals surface area contributed by atoms with Gasteiger partial charge in [0.1, 0.15) is 0 Å². The third kappa shape index (κ3) is 2.91. The zero-order valence-electron chi connectivity index (χ0n) is 8.45. The Morgan fingerprint density at radius 2 is 2.27 bits per heavy atom. The highest BCUT2D eigenvalue weighted by atomic mass is 79.9. The standard InChI is InChI=1S/C11H15BrN2S/c12-8-5-11(15-7-8)10(6-13)14-9-3-1-2-4-9/h1-2,5,7,9-10,14H,3-4,6,13H2. The fraction of sp³-hybridized carbons (Fsp3) is 0.455. The molecule has 2 rings (SSSR count). The molecule has 0 fully saturated rings. The third-order valence-electron chi connectivity index (χ3n) is 2.61. The van der Waals surface area contributed by atoms with Crippen LogP contribution in [0, 0.1) is 0 Å². The van der Waals surface area contributed by atoms with Gasteiger partial charge < -0.3 is 11.1 Å². The number of rotatable bonds is 4. The second-order valence-electron chi connectivity index (χ2n) is 3.76. The topological polar surface area (TPSA) is 38.0 Å². The molecule has 1 aromatic rings. The van der Waals surface area contributed by atoms with Crippen molar-refractivity contribution in [2.24, 2.45) is 5.73 Å². The molecule has 0 saturated heterocycles. The van der Waals surface area contributed by atoms with Crippen LogP contribution in [0.15, 0.2) is 28.1 Å². The van der Waals surface area contributed by atoms with E-state index in [4.69, 9.17) is 5.73 Å². The second-order valence-corrected chi connectivity index (χ2v) is 5.62. The Morgan fingerprint density at radius 1 is 1.53 bits per heavy atom. The summed E-state index contributed by atoms with van der Waals surface area (Å²) < 4.78 is 1.15. The van der Waals surface area contributed by atoms with Crippen LogP contribution in [0.1, 0.15) is 23.8 Å². The van der Waals surface area contributed by atoms with E-state index in [1.807, 2.05) is 0 Å². The Balaban J connectivity index is 1.97. The lowest BCUT2D eigenvalue weighted by Crippen LogP contribution is -2.34. The first-order chi connectivity index (χ1) is 7.29. The van der Waals surface area contributed by atoms with Crippen LogP contribution >= 0.6 is 27.3 Å². The van der Waals surface area contributed by atoms with Crippen LogP contribution in [0.4, 0.5) is 0 Å². The molecule has 0 aliphatic heterocycles. The molecular weight excluding hydrogens is 272 g/mol. The molecule has 0 spiro atoms. The molecule has 1 heterocycles. The maximum atomic E-state index is 5.80. The van der Waals surface area contributed by atoms with Crippen LogP contribution < -0.4 is 11.1 Å². The predicted octanol–water partition coefficient (Wildman–Crippen LogP) is 2.82. The van der Waals surface area contributed by atoms with Gasteiger partial charge in [-0.15, -0.1) is 11.3 Å². The van der Waals surface area contributed by atoms with Gasteiger partial charge in [-0.1, -0.05) is 12.2 Å². The third-order valence-corrected chi connectivity index (χ3v) is 4.42. The molecule has 1 aromatic heterocycles. The van der Waals surface area contributed by atoms with Crippen molar-refractivity contribution in [3.63, 3.8) is 0 Å². The Hall–Kier alpha value is -0.160. The van der Waals surface area contributed by atoms with Crippen LogP contribution in [-0.2, 0) is 0 Å². The Labute approximate surface area is 103 Å². The largest absolute Gasteiger partial charge is 0.329 e. The number of nitrogens with one attached hydrogen (secondary N) is 1. The van der Waals surface area contributed by atoms with Crippen LogP contribution in [-0.4, -0.2) is 12.6 Å². The van der Waals surface area contributed by atoms with Crippen LogP contribution in [0.3, 0.4) is 0 Å². The summed E-state index contributed by atoms with van der Waals surface area (Å²) in [5.74, 6) is 0. The molecule has 3 N–H and O–H groups in total. The van der Waals surface area contributed by atoms with Crippen molar-refractivity contribution in [2.75, 3.05) is 6.54 Å².